The number of carbonyl (C=O) groups is 2. The topological polar surface area (TPSA) is 98.8 Å². The molecule has 28 heavy (non-hydrogen) atoms. The standard InChI is InChI=1S/C19H20BrNO6S/c1-26-18(22)17(19(23)27-2)28(24,25)16(12-13-6-4-3-5-7-13)21-15-10-8-14(20)9-11-15/h3-11,16-17,21H,12H2,1-2H3. The van der Waals surface area contributed by atoms with Crippen molar-refractivity contribution in [1.82, 2.24) is 0 Å². The van der Waals surface area contributed by atoms with E-state index >= 15 is 0 Å². The van der Waals surface area contributed by atoms with Crippen LogP contribution in [0.3, 0.4) is 0 Å². The van der Waals surface area contributed by atoms with Crippen molar-refractivity contribution in [2.45, 2.75) is 17.0 Å². The first-order valence-electron chi connectivity index (χ1n) is 8.24. The van der Waals surface area contributed by atoms with E-state index < -0.39 is 32.4 Å². The highest BCUT2D eigenvalue weighted by Crippen LogP contribution is 2.22. The van der Waals surface area contributed by atoms with E-state index in [0.717, 1.165) is 18.7 Å². The summed E-state index contributed by atoms with van der Waals surface area (Å²) in [6, 6.07) is 15.7. The zero-order valence-corrected chi connectivity index (χ0v) is 17.7. The smallest absolute Gasteiger partial charge is 0.335 e. The van der Waals surface area contributed by atoms with Gasteiger partial charge in [-0.15, -0.1) is 0 Å². The minimum Gasteiger partial charge on any atom is -0.468 e. The first kappa shape index (κ1) is 21.9. The quantitative estimate of drug-likeness (QED) is 0.468. The summed E-state index contributed by atoms with van der Waals surface area (Å²) in [7, 11) is -2.33. The zero-order valence-electron chi connectivity index (χ0n) is 15.3. The molecule has 0 aliphatic rings. The Balaban J connectivity index is 2.46. The van der Waals surface area contributed by atoms with Gasteiger partial charge in [0, 0.05) is 16.6 Å². The van der Waals surface area contributed by atoms with Gasteiger partial charge in [0.1, 0.15) is 5.37 Å². The Morgan fingerprint density at radius 2 is 1.50 bits per heavy atom. The number of halogens is 1. The van der Waals surface area contributed by atoms with Crippen LogP contribution in [-0.4, -0.2) is 45.2 Å². The molecule has 0 heterocycles. The molecule has 150 valence electrons. The third kappa shape index (κ3) is 5.32. The lowest BCUT2D eigenvalue weighted by Crippen LogP contribution is -2.47. The maximum Gasteiger partial charge on any atom is 0.335 e. The number of anilines is 1. The van der Waals surface area contributed by atoms with E-state index in [0.29, 0.717) is 11.3 Å². The van der Waals surface area contributed by atoms with Crippen molar-refractivity contribution in [3.63, 3.8) is 0 Å². The molecular weight excluding hydrogens is 450 g/mol. The van der Waals surface area contributed by atoms with Gasteiger partial charge in [-0.25, -0.2) is 8.42 Å². The molecule has 0 bridgehead atoms. The highest BCUT2D eigenvalue weighted by atomic mass is 79.9. The Kier molecular flexibility index (Phi) is 7.59. The molecule has 2 rings (SSSR count). The average Bonchev–Trinajstić information content (AvgIpc) is 2.69. The van der Waals surface area contributed by atoms with Crippen molar-refractivity contribution in [2.75, 3.05) is 19.5 Å². The van der Waals surface area contributed by atoms with Crippen molar-refractivity contribution in [2.24, 2.45) is 0 Å². The number of ether oxygens (including phenoxy) is 2. The van der Waals surface area contributed by atoms with Crippen LogP contribution in [0.5, 0.6) is 0 Å². The molecule has 0 aromatic heterocycles. The fraction of sp³-hybridized carbons (Fsp3) is 0.263. The van der Waals surface area contributed by atoms with E-state index in [1.54, 1.807) is 54.6 Å². The lowest BCUT2D eigenvalue weighted by Gasteiger charge is -2.24. The Morgan fingerprint density at radius 3 is 2.00 bits per heavy atom. The molecule has 0 amide bonds. The Hall–Kier alpha value is -2.39. The molecule has 2 aromatic carbocycles. The molecule has 0 saturated heterocycles. The number of nitrogens with one attached hydrogen (secondary N) is 1. The monoisotopic (exact) mass is 469 g/mol. The molecule has 0 aliphatic carbocycles. The second-order valence-electron chi connectivity index (χ2n) is 5.84. The van der Waals surface area contributed by atoms with Gasteiger partial charge in [0.2, 0.25) is 0 Å². The molecule has 1 unspecified atom stereocenters. The molecule has 0 aliphatic heterocycles. The number of carbonyl (C=O) groups excluding carboxylic acids is 2. The van der Waals surface area contributed by atoms with Crippen molar-refractivity contribution in [1.29, 1.82) is 0 Å². The SMILES string of the molecule is COC(=O)C(C(=O)OC)S(=O)(=O)C(Cc1ccccc1)Nc1ccc(Br)cc1. The second kappa shape index (κ2) is 9.70. The normalized spacial score (nSPS) is 12.3. The molecule has 0 spiro atoms. The van der Waals surface area contributed by atoms with Crippen molar-refractivity contribution >= 4 is 43.4 Å². The summed E-state index contributed by atoms with van der Waals surface area (Å²) in [5.41, 5.74) is 1.23. The van der Waals surface area contributed by atoms with Gasteiger partial charge < -0.3 is 14.8 Å². The van der Waals surface area contributed by atoms with Crippen molar-refractivity contribution in [3.05, 3.63) is 64.6 Å². The Labute approximate surface area is 172 Å². The highest BCUT2D eigenvalue weighted by molar-refractivity contribution is 9.10. The van der Waals surface area contributed by atoms with E-state index in [-0.39, 0.29) is 6.42 Å². The molecule has 2 aromatic rings. The molecular formula is C19H20BrNO6S. The first-order valence-corrected chi connectivity index (χ1v) is 10.6. The van der Waals surface area contributed by atoms with E-state index in [2.05, 4.69) is 30.7 Å². The van der Waals surface area contributed by atoms with Gasteiger partial charge in [0.25, 0.3) is 5.25 Å². The number of sulfone groups is 1. The molecule has 0 fully saturated rings. The number of hydrogen-bond acceptors (Lipinski definition) is 7. The van der Waals surface area contributed by atoms with Crippen LogP contribution >= 0.6 is 15.9 Å². The third-order valence-electron chi connectivity index (χ3n) is 3.99. The van der Waals surface area contributed by atoms with Gasteiger partial charge in [-0.1, -0.05) is 46.3 Å². The average molecular weight is 470 g/mol. The molecule has 0 radical (unpaired) electrons. The number of esters is 2. The molecule has 1 atom stereocenters. The van der Waals surface area contributed by atoms with E-state index in [9.17, 15) is 18.0 Å². The summed E-state index contributed by atoms with van der Waals surface area (Å²) in [6.45, 7) is 0. The number of benzene rings is 2. The Morgan fingerprint density at radius 1 is 0.964 bits per heavy atom. The summed E-state index contributed by atoms with van der Waals surface area (Å²) in [4.78, 5) is 24.2. The minimum atomic E-state index is -4.36. The van der Waals surface area contributed by atoms with Crippen LogP contribution in [0.4, 0.5) is 5.69 Å². The van der Waals surface area contributed by atoms with Crippen LogP contribution in [0.25, 0.3) is 0 Å². The second-order valence-corrected chi connectivity index (χ2v) is 8.98. The third-order valence-corrected chi connectivity index (χ3v) is 6.64. The first-order chi connectivity index (χ1) is 13.3. The fourth-order valence-corrected chi connectivity index (χ4v) is 4.60. The summed E-state index contributed by atoms with van der Waals surface area (Å²) in [5.74, 6) is -2.38. The number of hydrogen-bond donors (Lipinski definition) is 1. The highest BCUT2D eigenvalue weighted by Gasteiger charge is 2.46. The zero-order chi connectivity index (χ0) is 20.7. The Bertz CT molecular complexity index is 899. The van der Waals surface area contributed by atoms with Crippen LogP contribution in [0, 0.1) is 0 Å². The van der Waals surface area contributed by atoms with Crippen molar-refractivity contribution < 1.29 is 27.5 Å². The maximum atomic E-state index is 13.2. The van der Waals surface area contributed by atoms with Gasteiger partial charge >= 0.3 is 11.9 Å². The van der Waals surface area contributed by atoms with E-state index in [1.165, 1.54) is 0 Å². The predicted molar refractivity (Wildman–Crippen MR) is 108 cm³/mol. The summed E-state index contributed by atoms with van der Waals surface area (Å²) in [6.07, 6.45) is 0.0315. The van der Waals surface area contributed by atoms with Gasteiger partial charge in [0.05, 0.1) is 14.2 Å². The van der Waals surface area contributed by atoms with Gasteiger partial charge in [-0.05, 0) is 29.8 Å². The summed E-state index contributed by atoms with van der Waals surface area (Å²) in [5, 5.41) is -0.440. The van der Waals surface area contributed by atoms with Crippen LogP contribution in [-0.2, 0) is 35.3 Å². The summed E-state index contributed by atoms with van der Waals surface area (Å²) >= 11 is 3.32. The van der Waals surface area contributed by atoms with E-state index in [1.807, 2.05) is 0 Å². The largest absolute Gasteiger partial charge is 0.468 e. The molecule has 9 heteroatoms. The molecule has 7 nitrogen and oxygen atoms in total. The van der Waals surface area contributed by atoms with Gasteiger partial charge in [-0.3, -0.25) is 9.59 Å². The minimum absolute atomic E-state index is 0.0315. The molecule has 0 saturated carbocycles. The van der Waals surface area contributed by atoms with Crippen molar-refractivity contribution in [3.8, 4) is 0 Å². The van der Waals surface area contributed by atoms with Crippen LogP contribution in [0.15, 0.2) is 59.1 Å². The van der Waals surface area contributed by atoms with Gasteiger partial charge in [0.15, 0.2) is 9.84 Å². The summed E-state index contributed by atoms with van der Waals surface area (Å²) < 4.78 is 36.4. The maximum absolute atomic E-state index is 13.2. The fourth-order valence-electron chi connectivity index (χ4n) is 2.55. The van der Waals surface area contributed by atoms with Crippen LogP contribution in [0.1, 0.15) is 5.56 Å². The van der Waals surface area contributed by atoms with Gasteiger partial charge in [-0.2, -0.15) is 0 Å². The van der Waals surface area contributed by atoms with Crippen LogP contribution in [0.2, 0.25) is 0 Å². The predicted octanol–water partition coefficient (Wildman–Crippen LogP) is 2.56. The lowest BCUT2D eigenvalue weighted by atomic mass is 10.1. The molecule has 1 N–H and O–H groups in total. The lowest BCUT2D eigenvalue weighted by molar-refractivity contribution is -0.150. The van der Waals surface area contributed by atoms with Crippen LogP contribution < -0.4 is 5.32 Å². The number of methoxy groups -OCH3 is 2. The van der Waals surface area contributed by atoms with E-state index in [4.69, 9.17) is 0 Å². The number of rotatable bonds is 8.